The Labute approximate surface area is 69.8 Å². The molecule has 0 bridgehead atoms. The standard InChI is InChI=1S/C9H18N2/c1-6-10(4)7-8-11(5)9(2)3/h6-9H,1H2,2-5H3/b8-7-. The average molecular weight is 154 g/mol. The summed E-state index contributed by atoms with van der Waals surface area (Å²) in [5.74, 6) is 0. The summed E-state index contributed by atoms with van der Waals surface area (Å²) in [7, 11) is 4.01. The van der Waals surface area contributed by atoms with Crippen molar-refractivity contribution < 1.29 is 0 Å². The lowest BCUT2D eigenvalue weighted by Crippen LogP contribution is -2.20. The Morgan fingerprint density at radius 3 is 2.09 bits per heavy atom. The summed E-state index contributed by atoms with van der Waals surface area (Å²) in [6, 6.07) is 0.546. The van der Waals surface area contributed by atoms with Gasteiger partial charge in [-0.3, -0.25) is 0 Å². The molecule has 0 aliphatic carbocycles. The zero-order chi connectivity index (χ0) is 8.85. The molecule has 0 aromatic carbocycles. The summed E-state index contributed by atoms with van der Waals surface area (Å²) in [6.45, 7) is 7.94. The number of rotatable bonds is 4. The van der Waals surface area contributed by atoms with E-state index in [4.69, 9.17) is 0 Å². The third-order valence-electron chi connectivity index (χ3n) is 1.64. The number of hydrogen-bond acceptors (Lipinski definition) is 2. The van der Waals surface area contributed by atoms with E-state index >= 15 is 0 Å². The first-order valence-electron chi connectivity index (χ1n) is 3.82. The summed E-state index contributed by atoms with van der Waals surface area (Å²) in [6.07, 6.45) is 5.78. The lowest BCUT2D eigenvalue weighted by Gasteiger charge is -2.19. The molecule has 64 valence electrons. The van der Waals surface area contributed by atoms with Gasteiger partial charge in [0.05, 0.1) is 0 Å². The van der Waals surface area contributed by atoms with Gasteiger partial charge in [-0.2, -0.15) is 0 Å². The normalized spacial score (nSPS) is 10.6. The van der Waals surface area contributed by atoms with Crippen molar-refractivity contribution in [3.8, 4) is 0 Å². The quantitative estimate of drug-likeness (QED) is 0.610. The van der Waals surface area contributed by atoms with Crippen LogP contribution in [-0.4, -0.2) is 29.9 Å². The maximum absolute atomic E-state index is 3.64. The van der Waals surface area contributed by atoms with Crippen LogP contribution in [0.15, 0.2) is 25.2 Å². The molecule has 0 aromatic rings. The second-order valence-electron chi connectivity index (χ2n) is 2.91. The Balaban J connectivity index is 3.81. The molecule has 0 aliphatic heterocycles. The Bertz CT molecular complexity index is 138. The van der Waals surface area contributed by atoms with Gasteiger partial charge < -0.3 is 9.80 Å². The van der Waals surface area contributed by atoms with E-state index in [0.29, 0.717) is 6.04 Å². The Morgan fingerprint density at radius 2 is 1.73 bits per heavy atom. The molecule has 0 atom stereocenters. The van der Waals surface area contributed by atoms with Gasteiger partial charge in [-0.1, -0.05) is 6.58 Å². The third kappa shape index (κ3) is 4.48. The van der Waals surface area contributed by atoms with Gasteiger partial charge in [-0.15, -0.1) is 0 Å². The second-order valence-corrected chi connectivity index (χ2v) is 2.91. The van der Waals surface area contributed by atoms with Crippen molar-refractivity contribution in [2.45, 2.75) is 19.9 Å². The van der Waals surface area contributed by atoms with E-state index in [2.05, 4.69) is 32.4 Å². The molecule has 0 saturated heterocycles. The van der Waals surface area contributed by atoms with Crippen LogP contribution in [0, 0.1) is 0 Å². The summed E-state index contributed by atoms with van der Waals surface area (Å²) >= 11 is 0. The predicted molar refractivity (Wildman–Crippen MR) is 50.0 cm³/mol. The van der Waals surface area contributed by atoms with E-state index in [9.17, 15) is 0 Å². The molecule has 0 heterocycles. The highest BCUT2D eigenvalue weighted by Gasteiger charge is 1.94. The highest BCUT2D eigenvalue weighted by atomic mass is 15.1. The molecule has 11 heavy (non-hydrogen) atoms. The number of hydrogen-bond donors (Lipinski definition) is 0. The predicted octanol–water partition coefficient (Wildman–Crippen LogP) is 1.87. The van der Waals surface area contributed by atoms with Gasteiger partial charge in [-0.25, -0.2) is 0 Å². The first-order chi connectivity index (χ1) is 5.07. The van der Waals surface area contributed by atoms with Crippen molar-refractivity contribution >= 4 is 0 Å². The van der Waals surface area contributed by atoms with E-state index in [1.54, 1.807) is 6.20 Å². The lowest BCUT2D eigenvalue weighted by molar-refractivity contribution is 0.369. The van der Waals surface area contributed by atoms with Gasteiger partial charge in [-0.05, 0) is 20.0 Å². The van der Waals surface area contributed by atoms with Crippen LogP contribution < -0.4 is 0 Å². The average Bonchev–Trinajstić information content (AvgIpc) is 1.99. The van der Waals surface area contributed by atoms with Crippen LogP contribution >= 0.6 is 0 Å². The first-order valence-corrected chi connectivity index (χ1v) is 3.82. The zero-order valence-electron chi connectivity index (χ0n) is 7.91. The highest BCUT2D eigenvalue weighted by Crippen LogP contribution is 1.94. The molecule has 0 unspecified atom stereocenters. The minimum absolute atomic E-state index is 0.546. The molecular formula is C9H18N2. The highest BCUT2D eigenvalue weighted by molar-refractivity contribution is 4.85. The van der Waals surface area contributed by atoms with Crippen LogP contribution in [0.5, 0.6) is 0 Å². The topological polar surface area (TPSA) is 6.48 Å². The maximum Gasteiger partial charge on any atom is 0.0225 e. The molecule has 0 aliphatic rings. The number of nitrogens with zero attached hydrogens (tertiary/aromatic N) is 2. The first kappa shape index (κ1) is 10.1. The molecule has 0 rings (SSSR count). The molecule has 0 spiro atoms. The smallest absolute Gasteiger partial charge is 0.0225 e. The van der Waals surface area contributed by atoms with Gasteiger partial charge in [0.25, 0.3) is 0 Å². The van der Waals surface area contributed by atoms with Gasteiger partial charge in [0.1, 0.15) is 0 Å². The molecule has 0 aromatic heterocycles. The van der Waals surface area contributed by atoms with Gasteiger partial charge in [0.15, 0.2) is 0 Å². The molecule has 0 N–H and O–H groups in total. The Kier molecular flexibility index (Phi) is 4.42. The van der Waals surface area contributed by atoms with E-state index in [1.807, 2.05) is 24.3 Å². The van der Waals surface area contributed by atoms with E-state index in [-0.39, 0.29) is 0 Å². The third-order valence-corrected chi connectivity index (χ3v) is 1.64. The molecule has 2 heteroatoms. The summed E-state index contributed by atoms with van der Waals surface area (Å²) in [5, 5.41) is 0. The van der Waals surface area contributed by atoms with E-state index in [1.165, 1.54) is 0 Å². The monoisotopic (exact) mass is 154 g/mol. The lowest BCUT2D eigenvalue weighted by atomic mass is 10.4. The van der Waals surface area contributed by atoms with Crippen molar-refractivity contribution in [2.24, 2.45) is 0 Å². The minimum Gasteiger partial charge on any atom is -0.377 e. The molecular weight excluding hydrogens is 136 g/mol. The fourth-order valence-electron chi connectivity index (χ4n) is 0.443. The van der Waals surface area contributed by atoms with E-state index in [0.717, 1.165) is 0 Å². The molecule has 0 saturated carbocycles. The van der Waals surface area contributed by atoms with Crippen LogP contribution in [-0.2, 0) is 0 Å². The van der Waals surface area contributed by atoms with Crippen LogP contribution in [0.1, 0.15) is 13.8 Å². The SMILES string of the molecule is C=CN(C)/C=C\N(C)C(C)C. The minimum atomic E-state index is 0.546. The molecule has 0 radical (unpaired) electrons. The summed E-state index contributed by atoms with van der Waals surface area (Å²) < 4.78 is 0. The summed E-state index contributed by atoms with van der Waals surface area (Å²) in [5.41, 5.74) is 0. The van der Waals surface area contributed by atoms with Crippen molar-refractivity contribution in [1.82, 2.24) is 9.80 Å². The molecule has 0 fully saturated rings. The largest absolute Gasteiger partial charge is 0.377 e. The molecule has 2 nitrogen and oxygen atoms in total. The molecule has 0 amide bonds. The van der Waals surface area contributed by atoms with Crippen LogP contribution in [0.4, 0.5) is 0 Å². The van der Waals surface area contributed by atoms with Gasteiger partial charge in [0.2, 0.25) is 0 Å². The second kappa shape index (κ2) is 4.83. The van der Waals surface area contributed by atoms with Crippen molar-refractivity contribution in [3.05, 3.63) is 25.2 Å². The van der Waals surface area contributed by atoms with Crippen molar-refractivity contribution in [3.63, 3.8) is 0 Å². The van der Waals surface area contributed by atoms with Crippen LogP contribution in [0.2, 0.25) is 0 Å². The Hall–Kier alpha value is -0.920. The summed E-state index contributed by atoms with van der Waals surface area (Å²) in [4.78, 5) is 4.05. The fourth-order valence-corrected chi connectivity index (χ4v) is 0.443. The van der Waals surface area contributed by atoms with Crippen molar-refractivity contribution in [2.75, 3.05) is 14.1 Å². The Morgan fingerprint density at radius 1 is 1.18 bits per heavy atom. The van der Waals surface area contributed by atoms with Gasteiger partial charge in [0, 0.05) is 32.5 Å². The van der Waals surface area contributed by atoms with Crippen molar-refractivity contribution in [1.29, 1.82) is 0 Å². The maximum atomic E-state index is 3.64. The zero-order valence-corrected chi connectivity index (χ0v) is 7.91. The fraction of sp³-hybridized carbons (Fsp3) is 0.556. The van der Waals surface area contributed by atoms with Crippen LogP contribution in [0.25, 0.3) is 0 Å². The van der Waals surface area contributed by atoms with E-state index < -0.39 is 0 Å². The van der Waals surface area contributed by atoms with Gasteiger partial charge >= 0.3 is 0 Å². The van der Waals surface area contributed by atoms with Crippen LogP contribution in [0.3, 0.4) is 0 Å².